The molecule has 3 aromatic rings. The van der Waals surface area contributed by atoms with Gasteiger partial charge in [0, 0.05) is 12.1 Å². The fourth-order valence-electron chi connectivity index (χ4n) is 3.46. The molecule has 0 atom stereocenters. The average molecular weight is 432 g/mol. The lowest BCUT2D eigenvalue weighted by atomic mass is 10.0. The Bertz CT molecular complexity index is 1040. The highest BCUT2D eigenvalue weighted by molar-refractivity contribution is 5.93. The maximum atomic E-state index is 12.9. The smallest absolute Gasteiger partial charge is 0.341 e. The summed E-state index contributed by atoms with van der Waals surface area (Å²) < 4.78 is 5.18. The van der Waals surface area contributed by atoms with Gasteiger partial charge in [0.1, 0.15) is 5.75 Å². The van der Waals surface area contributed by atoms with Crippen LogP contribution < -0.4 is 9.64 Å². The summed E-state index contributed by atoms with van der Waals surface area (Å²) in [6, 6.07) is 23.5. The van der Waals surface area contributed by atoms with Crippen molar-refractivity contribution in [2.24, 2.45) is 0 Å². The van der Waals surface area contributed by atoms with E-state index >= 15 is 0 Å². The summed E-state index contributed by atoms with van der Waals surface area (Å²) in [5, 5.41) is 8.71. The van der Waals surface area contributed by atoms with Gasteiger partial charge in [-0.15, -0.1) is 0 Å². The largest absolute Gasteiger partial charge is 0.482 e. The molecule has 5 heteroatoms. The number of aryl methyl sites for hydroxylation is 1. The first kappa shape index (κ1) is 23.1. The van der Waals surface area contributed by atoms with Gasteiger partial charge in [-0.3, -0.25) is 4.79 Å². The molecule has 0 radical (unpaired) electrons. The van der Waals surface area contributed by atoms with Gasteiger partial charge in [-0.05, 0) is 59.9 Å². The van der Waals surface area contributed by atoms with Crippen molar-refractivity contribution < 1.29 is 19.4 Å². The molecular formula is C27H29NO4. The van der Waals surface area contributed by atoms with Gasteiger partial charge in [0.2, 0.25) is 5.91 Å². The molecule has 1 amide bonds. The van der Waals surface area contributed by atoms with Gasteiger partial charge in [-0.1, -0.05) is 61.9 Å². The van der Waals surface area contributed by atoms with Crippen molar-refractivity contribution >= 4 is 17.6 Å². The van der Waals surface area contributed by atoms with Crippen LogP contribution in [0.5, 0.6) is 5.75 Å². The third kappa shape index (κ3) is 6.45. The molecule has 0 spiro atoms. The quantitative estimate of drug-likeness (QED) is 0.437. The van der Waals surface area contributed by atoms with Crippen LogP contribution in [0.15, 0.2) is 72.8 Å². The summed E-state index contributed by atoms with van der Waals surface area (Å²) in [6.45, 7) is 4.29. The van der Waals surface area contributed by atoms with Gasteiger partial charge in [-0.2, -0.15) is 0 Å². The molecular weight excluding hydrogens is 402 g/mol. The number of carboxylic acid groups (broad SMARTS) is 1. The first-order valence-electron chi connectivity index (χ1n) is 10.9. The Hall–Kier alpha value is -3.60. The van der Waals surface area contributed by atoms with Crippen LogP contribution in [0.25, 0.3) is 11.1 Å². The summed E-state index contributed by atoms with van der Waals surface area (Å²) in [5.41, 5.74) is 5.15. The zero-order valence-corrected chi connectivity index (χ0v) is 18.6. The molecule has 3 rings (SSSR count). The Balaban J connectivity index is 1.74. The highest BCUT2D eigenvalue weighted by Gasteiger charge is 2.16. The number of carbonyl (C=O) groups is 2. The second kappa shape index (κ2) is 11.1. The fraction of sp³-hybridized carbons (Fsp3) is 0.259. The molecule has 0 unspecified atom stereocenters. The lowest BCUT2D eigenvalue weighted by Crippen LogP contribution is -2.30. The van der Waals surface area contributed by atoms with Crippen LogP contribution in [0, 0.1) is 6.92 Å². The van der Waals surface area contributed by atoms with E-state index in [1.165, 1.54) is 0 Å². The molecule has 5 nitrogen and oxygen atoms in total. The number of aliphatic carboxylic acids is 1. The minimum Gasteiger partial charge on any atom is -0.482 e. The Kier molecular flexibility index (Phi) is 8.03. The summed E-state index contributed by atoms with van der Waals surface area (Å²) in [5.74, 6) is -0.344. The normalized spacial score (nSPS) is 10.6. The standard InChI is InChI=1S/C27H29NO4/c1-3-4-8-26(29)28(24-7-5-6-20(2)17-24)18-21-9-11-22(12-10-21)23-13-15-25(16-14-23)32-19-27(30)31/h5-7,9-17H,3-4,8,18-19H2,1-2H3,(H,30,31). The van der Waals surface area contributed by atoms with E-state index in [2.05, 4.69) is 6.92 Å². The van der Waals surface area contributed by atoms with Gasteiger partial charge in [-0.25, -0.2) is 4.79 Å². The molecule has 1 N–H and O–H groups in total. The second-order valence-corrected chi connectivity index (χ2v) is 7.83. The van der Waals surface area contributed by atoms with Crippen molar-refractivity contribution in [3.63, 3.8) is 0 Å². The van der Waals surface area contributed by atoms with Crippen molar-refractivity contribution in [3.8, 4) is 16.9 Å². The zero-order valence-electron chi connectivity index (χ0n) is 18.6. The summed E-state index contributed by atoms with van der Waals surface area (Å²) in [4.78, 5) is 25.4. The van der Waals surface area contributed by atoms with E-state index in [0.29, 0.717) is 18.7 Å². The summed E-state index contributed by atoms with van der Waals surface area (Å²) in [6.07, 6.45) is 2.41. The number of hydrogen-bond donors (Lipinski definition) is 1. The van der Waals surface area contributed by atoms with E-state index in [4.69, 9.17) is 9.84 Å². The molecule has 0 saturated carbocycles. The van der Waals surface area contributed by atoms with Gasteiger partial charge in [0.25, 0.3) is 0 Å². The van der Waals surface area contributed by atoms with E-state index in [1.807, 2.05) is 72.5 Å². The van der Waals surface area contributed by atoms with Crippen LogP contribution in [0.3, 0.4) is 0 Å². The first-order chi connectivity index (χ1) is 15.5. The maximum absolute atomic E-state index is 12.9. The fourth-order valence-corrected chi connectivity index (χ4v) is 3.46. The Morgan fingerprint density at radius 3 is 2.19 bits per heavy atom. The molecule has 32 heavy (non-hydrogen) atoms. The van der Waals surface area contributed by atoms with E-state index in [9.17, 15) is 9.59 Å². The number of rotatable bonds is 10. The highest BCUT2D eigenvalue weighted by atomic mass is 16.5. The predicted molar refractivity (Wildman–Crippen MR) is 127 cm³/mol. The van der Waals surface area contributed by atoms with Crippen LogP contribution in [0.1, 0.15) is 37.3 Å². The maximum Gasteiger partial charge on any atom is 0.341 e. The number of nitrogens with zero attached hydrogens (tertiary/aromatic N) is 1. The molecule has 0 aliphatic rings. The molecule has 0 heterocycles. The lowest BCUT2D eigenvalue weighted by Gasteiger charge is -2.24. The van der Waals surface area contributed by atoms with Crippen LogP contribution in [-0.4, -0.2) is 23.6 Å². The van der Waals surface area contributed by atoms with Crippen molar-refractivity contribution in [3.05, 3.63) is 83.9 Å². The molecule has 0 aromatic heterocycles. The van der Waals surface area contributed by atoms with Crippen molar-refractivity contribution in [1.82, 2.24) is 0 Å². The van der Waals surface area contributed by atoms with Crippen molar-refractivity contribution in [2.75, 3.05) is 11.5 Å². The van der Waals surface area contributed by atoms with Gasteiger partial charge in [0.15, 0.2) is 6.61 Å². The van der Waals surface area contributed by atoms with E-state index < -0.39 is 5.97 Å². The second-order valence-electron chi connectivity index (χ2n) is 7.83. The number of anilines is 1. The molecule has 3 aromatic carbocycles. The number of hydrogen-bond acceptors (Lipinski definition) is 3. The Morgan fingerprint density at radius 1 is 0.938 bits per heavy atom. The SMILES string of the molecule is CCCCC(=O)N(Cc1ccc(-c2ccc(OCC(=O)O)cc2)cc1)c1cccc(C)c1. The van der Waals surface area contributed by atoms with E-state index in [0.717, 1.165) is 40.8 Å². The van der Waals surface area contributed by atoms with E-state index in [1.54, 1.807) is 12.1 Å². The molecule has 0 saturated heterocycles. The number of carbonyl (C=O) groups excluding carboxylic acids is 1. The van der Waals surface area contributed by atoms with Crippen molar-refractivity contribution in [2.45, 2.75) is 39.7 Å². The zero-order chi connectivity index (χ0) is 22.9. The minimum atomic E-state index is -1.00. The van der Waals surface area contributed by atoms with Gasteiger partial charge >= 0.3 is 5.97 Å². The minimum absolute atomic E-state index is 0.137. The van der Waals surface area contributed by atoms with Crippen LogP contribution in [0.4, 0.5) is 5.69 Å². The van der Waals surface area contributed by atoms with Gasteiger partial charge < -0.3 is 14.7 Å². The average Bonchev–Trinajstić information content (AvgIpc) is 2.80. The molecule has 0 aliphatic carbocycles. The number of ether oxygens (including phenoxy) is 1. The van der Waals surface area contributed by atoms with Crippen molar-refractivity contribution in [1.29, 1.82) is 0 Å². The van der Waals surface area contributed by atoms with Crippen LogP contribution >= 0.6 is 0 Å². The number of carboxylic acids is 1. The Labute approximate surface area is 189 Å². The predicted octanol–water partition coefficient (Wildman–Crippen LogP) is 5.85. The van der Waals surface area contributed by atoms with Crippen LogP contribution in [0.2, 0.25) is 0 Å². The number of amides is 1. The number of unbranched alkanes of at least 4 members (excludes halogenated alkanes) is 1. The third-order valence-corrected chi connectivity index (χ3v) is 5.20. The Morgan fingerprint density at radius 2 is 1.59 bits per heavy atom. The first-order valence-corrected chi connectivity index (χ1v) is 10.9. The number of benzene rings is 3. The molecule has 166 valence electrons. The van der Waals surface area contributed by atoms with Gasteiger partial charge in [0.05, 0.1) is 6.54 Å². The monoisotopic (exact) mass is 431 g/mol. The third-order valence-electron chi connectivity index (χ3n) is 5.20. The molecule has 0 bridgehead atoms. The summed E-state index contributed by atoms with van der Waals surface area (Å²) >= 11 is 0. The topological polar surface area (TPSA) is 66.8 Å². The lowest BCUT2D eigenvalue weighted by molar-refractivity contribution is -0.139. The van der Waals surface area contributed by atoms with Crippen LogP contribution in [-0.2, 0) is 16.1 Å². The molecule has 0 fully saturated rings. The summed E-state index contributed by atoms with van der Waals surface area (Å²) in [7, 11) is 0. The molecule has 0 aliphatic heterocycles. The van der Waals surface area contributed by atoms with E-state index in [-0.39, 0.29) is 12.5 Å². The highest BCUT2D eigenvalue weighted by Crippen LogP contribution is 2.25.